The van der Waals surface area contributed by atoms with Gasteiger partial charge in [-0.3, -0.25) is 0 Å². The molecule has 90 valence electrons. The summed E-state index contributed by atoms with van der Waals surface area (Å²) >= 11 is 0. The van der Waals surface area contributed by atoms with E-state index in [1.54, 1.807) is 0 Å². The van der Waals surface area contributed by atoms with Gasteiger partial charge in [0.05, 0.1) is 6.10 Å². The van der Waals surface area contributed by atoms with Crippen molar-refractivity contribution in [2.75, 3.05) is 13.2 Å². The topological polar surface area (TPSA) is 21.3 Å². The Balaban J connectivity index is 2.52. The van der Waals surface area contributed by atoms with E-state index in [0.29, 0.717) is 12.0 Å². The van der Waals surface area contributed by atoms with Crippen LogP contribution in [0.1, 0.15) is 53.4 Å². The Hall–Kier alpha value is -0.0800. The third-order valence-corrected chi connectivity index (χ3v) is 3.83. The maximum Gasteiger partial charge on any atom is 0.0757 e. The van der Waals surface area contributed by atoms with Crippen molar-refractivity contribution in [2.24, 2.45) is 5.92 Å². The molecule has 1 aliphatic heterocycles. The molecule has 2 heteroatoms. The smallest absolute Gasteiger partial charge is 0.0757 e. The first-order valence-corrected chi connectivity index (χ1v) is 6.48. The van der Waals surface area contributed by atoms with Crippen molar-refractivity contribution in [1.29, 1.82) is 0 Å². The van der Waals surface area contributed by atoms with Crippen molar-refractivity contribution in [3.05, 3.63) is 0 Å². The number of hydrogen-bond acceptors (Lipinski definition) is 2. The zero-order valence-electron chi connectivity index (χ0n) is 10.8. The Kier molecular flexibility index (Phi) is 5.07. The van der Waals surface area contributed by atoms with Crippen molar-refractivity contribution >= 4 is 0 Å². The molecule has 2 atom stereocenters. The highest BCUT2D eigenvalue weighted by atomic mass is 16.5. The lowest BCUT2D eigenvalue weighted by Crippen LogP contribution is -2.56. The van der Waals surface area contributed by atoms with Crippen LogP contribution in [0.3, 0.4) is 0 Å². The highest BCUT2D eigenvalue weighted by Gasteiger charge is 2.39. The molecule has 0 saturated carbocycles. The molecule has 1 N–H and O–H groups in total. The van der Waals surface area contributed by atoms with E-state index >= 15 is 0 Å². The normalized spacial score (nSPS) is 25.8. The van der Waals surface area contributed by atoms with Crippen LogP contribution in [0.2, 0.25) is 0 Å². The van der Waals surface area contributed by atoms with E-state index in [-0.39, 0.29) is 5.54 Å². The summed E-state index contributed by atoms with van der Waals surface area (Å²) < 4.78 is 5.85. The van der Waals surface area contributed by atoms with Crippen LogP contribution < -0.4 is 5.32 Å². The van der Waals surface area contributed by atoms with Crippen LogP contribution >= 0.6 is 0 Å². The Labute approximate surface area is 94.8 Å². The van der Waals surface area contributed by atoms with Gasteiger partial charge in [0.1, 0.15) is 0 Å². The van der Waals surface area contributed by atoms with Crippen LogP contribution in [-0.2, 0) is 4.74 Å². The second-order valence-electron chi connectivity index (χ2n) is 5.22. The fourth-order valence-corrected chi connectivity index (χ4v) is 2.27. The largest absolute Gasteiger partial charge is 0.376 e. The van der Waals surface area contributed by atoms with Crippen LogP contribution in [0.4, 0.5) is 0 Å². The first-order valence-electron chi connectivity index (χ1n) is 6.48. The fraction of sp³-hybridized carbons (Fsp3) is 1.00. The minimum absolute atomic E-state index is 0.158. The number of rotatable bonds is 6. The quantitative estimate of drug-likeness (QED) is 0.685. The van der Waals surface area contributed by atoms with Gasteiger partial charge in [-0.2, -0.15) is 0 Å². The predicted octanol–water partition coefficient (Wildman–Crippen LogP) is 2.97. The summed E-state index contributed by atoms with van der Waals surface area (Å²) in [7, 11) is 0. The molecule has 2 unspecified atom stereocenters. The lowest BCUT2D eigenvalue weighted by molar-refractivity contribution is 0.0133. The molecule has 0 radical (unpaired) electrons. The van der Waals surface area contributed by atoms with Crippen LogP contribution in [0.5, 0.6) is 0 Å². The van der Waals surface area contributed by atoms with E-state index in [1.165, 1.54) is 25.7 Å². The fourth-order valence-electron chi connectivity index (χ4n) is 2.27. The van der Waals surface area contributed by atoms with Gasteiger partial charge in [-0.15, -0.1) is 0 Å². The Bertz CT molecular complexity index is 175. The number of nitrogens with one attached hydrogen (secondary N) is 1. The third kappa shape index (κ3) is 3.18. The number of ether oxygens (including phenoxy) is 1. The van der Waals surface area contributed by atoms with Crippen LogP contribution in [0, 0.1) is 5.92 Å². The van der Waals surface area contributed by atoms with Gasteiger partial charge < -0.3 is 10.1 Å². The van der Waals surface area contributed by atoms with Gasteiger partial charge in [0.25, 0.3) is 0 Å². The molecular weight excluding hydrogens is 186 g/mol. The summed E-state index contributed by atoms with van der Waals surface area (Å²) in [4.78, 5) is 0. The Morgan fingerprint density at radius 1 is 1.47 bits per heavy atom. The van der Waals surface area contributed by atoms with Gasteiger partial charge in [0.15, 0.2) is 0 Å². The average Bonchev–Trinajstić information content (AvgIpc) is 2.70. The van der Waals surface area contributed by atoms with Crippen LogP contribution in [0.25, 0.3) is 0 Å². The molecule has 15 heavy (non-hydrogen) atoms. The number of hydrogen-bond donors (Lipinski definition) is 1. The minimum atomic E-state index is 0.158. The average molecular weight is 213 g/mol. The zero-order chi connectivity index (χ0) is 11.3. The number of unbranched alkanes of at least 4 members (excludes halogenated alkanes) is 1. The molecule has 1 saturated heterocycles. The molecule has 1 aliphatic rings. The third-order valence-electron chi connectivity index (χ3n) is 3.83. The van der Waals surface area contributed by atoms with Gasteiger partial charge in [-0.1, -0.05) is 27.2 Å². The van der Waals surface area contributed by atoms with E-state index in [4.69, 9.17) is 4.74 Å². The van der Waals surface area contributed by atoms with E-state index in [2.05, 4.69) is 33.0 Å². The highest BCUT2D eigenvalue weighted by molar-refractivity contribution is 4.95. The summed E-state index contributed by atoms with van der Waals surface area (Å²) in [6.07, 6.45) is 5.37. The zero-order valence-corrected chi connectivity index (χ0v) is 10.8. The summed E-state index contributed by atoms with van der Waals surface area (Å²) in [5.41, 5.74) is 0.158. The lowest BCUT2D eigenvalue weighted by atomic mass is 9.81. The van der Waals surface area contributed by atoms with Crippen LogP contribution in [-0.4, -0.2) is 24.8 Å². The SMILES string of the molecule is CCCCNC(C)(C(C)C)C1CCCO1. The predicted molar refractivity (Wildman–Crippen MR) is 65.1 cm³/mol. The van der Waals surface area contributed by atoms with E-state index < -0.39 is 0 Å². The van der Waals surface area contributed by atoms with Crippen molar-refractivity contribution in [2.45, 2.75) is 65.0 Å². The summed E-state index contributed by atoms with van der Waals surface area (Å²) in [5.74, 6) is 0.623. The summed E-state index contributed by atoms with van der Waals surface area (Å²) in [6.45, 7) is 11.2. The van der Waals surface area contributed by atoms with Gasteiger partial charge in [0.2, 0.25) is 0 Å². The van der Waals surface area contributed by atoms with Crippen molar-refractivity contribution in [1.82, 2.24) is 5.32 Å². The molecule has 1 fully saturated rings. The first kappa shape index (κ1) is 13.0. The van der Waals surface area contributed by atoms with E-state index in [1.807, 2.05) is 0 Å². The molecule has 0 aliphatic carbocycles. The van der Waals surface area contributed by atoms with Crippen molar-refractivity contribution < 1.29 is 4.74 Å². The molecule has 0 aromatic heterocycles. The van der Waals surface area contributed by atoms with Gasteiger partial charge in [-0.05, 0) is 38.6 Å². The molecule has 0 aromatic carbocycles. The van der Waals surface area contributed by atoms with E-state index in [0.717, 1.165) is 13.2 Å². The second-order valence-corrected chi connectivity index (χ2v) is 5.22. The molecule has 0 amide bonds. The van der Waals surface area contributed by atoms with Crippen molar-refractivity contribution in [3.63, 3.8) is 0 Å². The molecule has 0 spiro atoms. The molecule has 0 aromatic rings. The van der Waals surface area contributed by atoms with Gasteiger partial charge in [0, 0.05) is 12.1 Å². The van der Waals surface area contributed by atoms with E-state index in [9.17, 15) is 0 Å². The molecule has 2 nitrogen and oxygen atoms in total. The molecule has 0 bridgehead atoms. The Morgan fingerprint density at radius 2 is 2.20 bits per heavy atom. The molecular formula is C13H27NO. The minimum Gasteiger partial charge on any atom is -0.376 e. The highest BCUT2D eigenvalue weighted by Crippen LogP contribution is 2.30. The monoisotopic (exact) mass is 213 g/mol. The first-order chi connectivity index (χ1) is 7.11. The maximum absolute atomic E-state index is 5.85. The summed E-state index contributed by atoms with van der Waals surface area (Å²) in [5, 5.41) is 3.71. The van der Waals surface area contributed by atoms with Crippen molar-refractivity contribution in [3.8, 4) is 0 Å². The maximum atomic E-state index is 5.85. The lowest BCUT2D eigenvalue weighted by Gasteiger charge is -2.40. The summed E-state index contributed by atoms with van der Waals surface area (Å²) in [6, 6.07) is 0. The molecule has 1 rings (SSSR count). The van der Waals surface area contributed by atoms with Crippen LogP contribution in [0.15, 0.2) is 0 Å². The van der Waals surface area contributed by atoms with Gasteiger partial charge in [-0.25, -0.2) is 0 Å². The standard InChI is InChI=1S/C13H27NO/c1-5-6-9-14-13(4,11(2)3)12-8-7-10-15-12/h11-12,14H,5-10H2,1-4H3. The second kappa shape index (κ2) is 5.86. The Morgan fingerprint density at radius 3 is 2.67 bits per heavy atom. The van der Waals surface area contributed by atoms with Gasteiger partial charge >= 0.3 is 0 Å². The molecule has 1 heterocycles.